The highest BCUT2D eigenvalue weighted by Gasteiger charge is 2.44. The summed E-state index contributed by atoms with van der Waals surface area (Å²) in [5, 5.41) is 12.7. The summed E-state index contributed by atoms with van der Waals surface area (Å²) in [7, 11) is 0. The van der Waals surface area contributed by atoms with Gasteiger partial charge in [-0.05, 0) is 18.1 Å². The SMILES string of the molecule is Cc1ccccc1CN1CCn2nc(C(F)(F)F)c(C(=O)O)c21. The topological polar surface area (TPSA) is 58.4 Å². The summed E-state index contributed by atoms with van der Waals surface area (Å²) >= 11 is 0. The van der Waals surface area contributed by atoms with E-state index < -0.39 is 23.4 Å². The smallest absolute Gasteiger partial charge is 0.436 e. The van der Waals surface area contributed by atoms with E-state index in [0.717, 1.165) is 15.8 Å². The summed E-state index contributed by atoms with van der Waals surface area (Å²) in [5.41, 5.74) is -0.177. The van der Waals surface area contributed by atoms with Crippen LogP contribution in [0.4, 0.5) is 19.0 Å². The second-order valence-electron chi connectivity index (χ2n) is 5.42. The monoisotopic (exact) mass is 325 g/mol. The first-order chi connectivity index (χ1) is 10.8. The van der Waals surface area contributed by atoms with Crippen LogP contribution in [0.3, 0.4) is 0 Å². The molecule has 0 unspecified atom stereocenters. The molecule has 0 atom stereocenters. The van der Waals surface area contributed by atoms with Crippen LogP contribution < -0.4 is 4.90 Å². The maximum atomic E-state index is 13.0. The number of anilines is 1. The lowest BCUT2D eigenvalue weighted by molar-refractivity contribution is -0.142. The van der Waals surface area contributed by atoms with E-state index in [1.807, 2.05) is 31.2 Å². The van der Waals surface area contributed by atoms with Gasteiger partial charge in [0.05, 0.1) is 6.54 Å². The number of benzene rings is 1. The van der Waals surface area contributed by atoms with E-state index >= 15 is 0 Å². The van der Waals surface area contributed by atoms with E-state index in [1.165, 1.54) is 0 Å². The van der Waals surface area contributed by atoms with Gasteiger partial charge in [-0.1, -0.05) is 24.3 Å². The molecule has 8 heteroatoms. The molecule has 2 aromatic rings. The number of carboxylic acid groups (broad SMARTS) is 1. The lowest BCUT2D eigenvalue weighted by atomic mass is 10.1. The summed E-state index contributed by atoms with van der Waals surface area (Å²) in [6, 6.07) is 7.49. The van der Waals surface area contributed by atoms with Gasteiger partial charge in [-0.3, -0.25) is 0 Å². The third-order valence-electron chi connectivity index (χ3n) is 3.91. The van der Waals surface area contributed by atoms with Crippen molar-refractivity contribution < 1.29 is 23.1 Å². The first-order valence-corrected chi connectivity index (χ1v) is 7.00. The molecule has 5 nitrogen and oxygen atoms in total. The molecular weight excluding hydrogens is 311 g/mol. The van der Waals surface area contributed by atoms with Gasteiger partial charge < -0.3 is 10.0 Å². The van der Waals surface area contributed by atoms with Crippen molar-refractivity contribution in [2.45, 2.75) is 26.2 Å². The number of hydrogen-bond acceptors (Lipinski definition) is 3. The van der Waals surface area contributed by atoms with Gasteiger partial charge in [0.25, 0.3) is 0 Å². The number of aromatic carboxylic acids is 1. The molecule has 0 radical (unpaired) electrons. The molecule has 0 bridgehead atoms. The minimum absolute atomic E-state index is 0.0214. The second kappa shape index (κ2) is 5.29. The quantitative estimate of drug-likeness (QED) is 0.943. The van der Waals surface area contributed by atoms with Crippen molar-refractivity contribution in [2.24, 2.45) is 0 Å². The first-order valence-electron chi connectivity index (χ1n) is 7.00. The zero-order chi connectivity index (χ0) is 16.8. The molecule has 1 aliphatic rings. The highest BCUT2D eigenvalue weighted by atomic mass is 19.4. The van der Waals surface area contributed by atoms with Gasteiger partial charge in [-0.2, -0.15) is 18.3 Å². The molecule has 0 aliphatic carbocycles. The van der Waals surface area contributed by atoms with Crippen LogP contribution in [0.15, 0.2) is 24.3 Å². The molecule has 0 saturated carbocycles. The van der Waals surface area contributed by atoms with Gasteiger partial charge in [0.1, 0.15) is 11.4 Å². The number of fused-ring (bicyclic) bond motifs is 1. The number of aryl methyl sites for hydroxylation is 1. The van der Waals surface area contributed by atoms with Crippen LogP contribution in [-0.2, 0) is 19.3 Å². The Kier molecular flexibility index (Phi) is 3.54. The Morgan fingerprint density at radius 1 is 1.30 bits per heavy atom. The standard InChI is InChI=1S/C15H14F3N3O2/c1-9-4-2-3-5-10(9)8-20-6-7-21-13(20)11(14(22)23)12(19-21)15(16,17)18/h2-5H,6-8H2,1H3,(H,22,23). The fraction of sp³-hybridized carbons (Fsp3) is 0.333. The molecule has 2 heterocycles. The largest absolute Gasteiger partial charge is 0.477 e. The summed E-state index contributed by atoms with van der Waals surface area (Å²) in [6.07, 6.45) is -4.79. The van der Waals surface area contributed by atoms with Crippen molar-refractivity contribution in [3.8, 4) is 0 Å². The average molecular weight is 325 g/mol. The molecule has 1 aromatic heterocycles. The van der Waals surface area contributed by atoms with Gasteiger partial charge >= 0.3 is 12.1 Å². The molecule has 3 rings (SSSR count). The molecule has 0 spiro atoms. The Morgan fingerprint density at radius 3 is 2.61 bits per heavy atom. The third-order valence-corrected chi connectivity index (χ3v) is 3.91. The van der Waals surface area contributed by atoms with Crippen LogP contribution in [0.25, 0.3) is 0 Å². The molecular formula is C15H14F3N3O2. The number of aromatic nitrogens is 2. The van der Waals surface area contributed by atoms with Crippen LogP contribution in [0.1, 0.15) is 27.2 Å². The fourth-order valence-electron chi connectivity index (χ4n) is 2.79. The number of hydrogen-bond donors (Lipinski definition) is 1. The molecule has 23 heavy (non-hydrogen) atoms. The van der Waals surface area contributed by atoms with E-state index in [-0.39, 0.29) is 12.4 Å². The van der Waals surface area contributed by atoms with E-state index in [1.54, 1.807) is 4.90 Å². The average Bonchev–Trinajstić information content (AvgIpc) is 3.00. The Morgan fingerprint density at radius 2 is 2.00 bits per heavy atom. The molecule has 1 aromatic carbocycles. The minimum Gasteiger partial charge on any atom is -0.477 e. The maximum Gasteiger partial charge on any atom is 0.436 e. The van der Waals surface area contributed by atoms with Crippen LogP contribution in [0, 0.1) is 6.92 Å². The summed E-state index contributed by atoms with van der Waals surface area (Å²) < 4.78 is 40.2. The van der Waals surface area contributed by atoms with Crippen molar-refractivity contribution in [1.82, 2.24) is 9.78 Å². The number of nitrogens with zero attached hydrogens (tertiary/aromatic N) is 3. The third kappa shape index (κ3) is 2.64. The van der Waals surface area contributed by atoms with Crippen LogP contribution >= 0.6 is 0 Å². The predicted octanol–water partition coefficient (Wildman–Crippen LogP) is 2.93. The summed E-state index contributed by atoms with van der Waals surface area (Å²) in [6.45, 7) is 2.91. The molecule has 0 fully saturated rings. The Hall–Kier alpha value is -2.51. The Labute approximate surface area is 129 Å². The van der Waals surface area contributed by atoms with Crippen molar-refractivity contribution in [3.63, 3.8) is 0 Å². The van der Waals surface area contributed by atoms with Gasteiger partial charge in [0.2, 0.25) is 0 Å². The van der Waals surface area contributed by atoms with Crippen LogP contribution in [-0.4, -0.2) is 27.4 Å². The Bertz CT molecular complexity index is 768. The zero-order valence-corrected chi connectivity index (χ0v) is 12.3. The van der Waals surface area contributed by atoms with Crippen molar-refractivity contribution in [3.05, 3.63) is 46.6 Å². The summed E-state index contributed by atoms with van der Waals surface area (Å²) in [5.74, 6) is -1.59. The number of carbonyl (C=O) groups is 1. The van der Waals surface area contributed by atoms with Gasteiger partial charge in [-0.15, -0.1) is 0 Å². The lowest BCUT2D eigenvalue weighted by Crippen LogP contribution is -2.23. The lowest BCUT2D eigenvalue weighted by Gasteiger charge is -2.19. The Balaban J connectivity index is 2.04. The second-order valence-corrected chi connectivity index (χ2v) is 5.42. The van der Waals surface area contributed by atoms with Crippen molar-refractivity contribution in [2.75, 3.05) is 11.4 Å². The van der Waals surface area contributed by atoms with E-state index in [2.05, 4.69) is 5.10 Å². The van der Waals surface area contributed by atoms with Gasteiger partial charge in [0.15, 0.2) is 5.69 Å². The van der Waals surface area contributed by atoms with Gasteiger partial charge in [-0.25, -0.2) is 9.48 Å². The molecule has 1 N–H and O–H groups in total. The highest BCUT2D eigenvalue weighted by molar-refractivity contribution is 5.95. The molecule has 1 aliphatic heterocycles. The molecule has 0 saturated heterocycles. The highest BCUT2D eigenvalue weighted by Crippen LogP contribution is 2.38. The number of alkyl halides is 3. The van der Waals surface area contributed by atoms with E-state index in [0.29, 0.717) is 13.1 Å². The minimum atomic E-state index is -4.79. The summed E-state index contributed by atoms with van der Waals surface area (Å²) in [4.78, 5) is 13.0. The number of halogens is 3. The van der Waals surface area contributed by atoms with Crippen molar-refractivity contribution >= 4 is 11.8 Å². The van der Waals surface area contributed by atoms with E-state index in [4.69, 9.17) is 0 Å². The number of carboxylic acids is 1. The first kappa shape index (κ1) is 15.4. The van der Waals surface area contributed by atoms with Crippen LogP contribution in [0.2, 0.25) is 0 Å². The van der Waals surface area contributed by atoms with Gasteiger partial charge in [0, 0.05) is 13.1 Å². The molecule has 122 valence electrons. The van der Waals surface area contributed by atoms with Crippen molar-refractivity contribution in [1.29, 1.82) is 0 Å². The normalized spacial score (nSPS) is 14.2. The fourth-order valence-corrected chi connectivity index (χ4v) is 2.79. The maximum absolute atomic E-state index is 13.0. The predicted molar refractivity (Wildman–Crippen MR) is 76.4 cm³/mol. The molecule has 0 amide bonds. The van der Waals surface area contributed by atoms with Crippen LogP contribution in [0.5, 0.6) is 0 Å². The van der Waals surface area contributed by atoms with E-state index in [9.17, 15) is 23.1 Å². The number of rotatable bonds is 3. The zero-order valence-electron chi connectivity index (χ0n) is 12.3.